The van der Waals surface area contributed by atoms with Gasteiger partial charge < -0.3 is 15.1 Å². The number of aromatic nitrogens is 2. The number of amides is 2. The first-order chi connectivity index (χ1) is 12.1. The highest BCUT2D eigenvalue weighted by Crippen LogP contribution is 2.33. The fraction of sp³-hybridized carbons (Fsp3) is 0.333. The summed E-state index contributed by atoms with van der Waals surface area (Å²) in [6.07, 6.45) is 5.18. The molecule has 128 valence electrons. The van der Waals surface area contributed by atoms with Gasteiger partial charge >= 0.3 is 0 Å². The number of carbonyl (C=O) groups excluding carboxylic acids is 2. The van der Waals surface area contributed by atoms with Crippen LogP contribution in [-0.2, 0) is 4.79 Å². The van der Waals surface area contributed by atoms with Crippen LogP contribution in [0.4, 0.5) is 11.5 Å². The highest BCUT2D eigenvalue weighted by atomic mass is 16.2. The van der Waals surface area contributed by atoms with Gasteiger partial charge in [0.1, 0.15) is 5.82 Å². The number of carbonyl (C=O) groups is 2. The summed E-state index contributed by atoms with van der Waals surface area (Å²) in [5.74, 6) is 0.502. The zero-order valence-corrected chi connectivity index (χ0v) is 14.0. The Morgan fingerprint density at radius 2 is 2.20 bits per heavy atom. The van der Waals surface area contributed by atoms with Crippen LogP contribution in [0.15, 0.2) is 36.7 Å². The first-order valence-electron chi connectivity index (χ1n) is 8.37. The molecule has 0 bridgehead atoms. The van der Waals surface area contributed by atoms with Crippen molar-refractivity contribution >= 4 is 23.3 Å². The average Bonchev–Trinajstić information content (AvgIpc) is 3.14. The summed E-state index contributed by atoms with van der Waals surface area (Å²) >= 11 is 0. The highest BCUT2D eigenvalue weighted by molar-refractivity contribution is 6.03. The summed E-state index contributed by atoms with van der Waals surface area (Å²) in [5.41, 5.74) is 2.04. The molecule has 1 N–H and O–H groups in total. The number of fused-ring (bicyclic) bond motifs is 1. The van der Waals surface area contributed by atoms with Crippen LogP contribution >= 0.6 is 0 Å². The number of likely N-dealkylation sites (tertiary alicyclic amines) is 1. The maximum absolute atomic E-state index is 13.0. The molecule has 2 aromatic heterocycles. The number of hydrogen-bond acceptors (Lipinski definition) is 5. The Morgan fingerprint density at radius 3 is 3.00 bits per heavy atom. The molecule has 1 fully saturated rings. The molecule has 4 heterocycles. The first-order valence-corrected chi connectivity index (χ1v) is 8.37. The lowest BCUT2D eigenvalue weighted by atomic mass is 10.1. The summed E-state index contributed by atoms with van der Waals surface area (Å²) in [4.78, 5) is 37.0. The maximum Gasteiger partial charge on any atom is 0.256 e. The Morgan fingerprint density at radius 1 is 1.32 bits per heavy atom. The molecule has 7 nitrogen and oxygen atoms in total. The van der Waals surface area contributed by atoms with Crippen molar-refractivity contribution in [1.82, 2.24) is 14.9 Å². The molecule has 0 aromatic carbocycles. The van der Waals surface area contributed by atoms with Gasteiger partial charge in [-0.15, -0.1) is 0 Å². The molecule has 0 spiro atoms. The Balaban J connectivity index is 1.64. The Hall–Kier alpha value is -2.96. The number of nitrogens with zero attached hydrogens (tertiary/aromatic N) is 4. The number of anilines is 2. The second-order valence-electron chi connectivity index (χ2n) is 6.31. The number of nitrogens with one attached hydrogen (secondary N) is 1. The zero-order valence-electron chi connectivity index (χ0n) is 14.0. The van der Waals surface area contributed by atoms with E-state index in [4.69, 9.17) is 0 Å². The molecule has 1 unspecified atom stereocenters. The molecule has 1 saturated heterocycles. The summed E-state index contributed by atoms with van der Waals surface area (Å²) < 4.78 is 0. The largest absolute Gasteiger partial charge is 0.359 e. The van der Waals surface area contributed by atoms with Crippen LogP contribution in [-0.4, -0.2) is 46.8 Å². The van der Waals surface area contributed by atoms with Crippen molar-refractivity contribution < 1.29 is 9.59 Å². The Bertz CT molecular complexity index is 823. The van der Waals surface area contributed by atoms with Crippen molar-refractivity contribution in [3.63, 3.8) is 0 Å². The molecule has 1 atom stereocenters. The van der Waals surface area contributed by atoms with E-state index in [2.05, 4.69) is 15.3 Å². The van der Waals surface area contributed by atoms with E-state index < -0.39 is 0 Å². The van der Waals surface area contributed by atoms with Gasteiger partial charge in [-0.05, 0) is 31.0 Å². The standard InChI is InChI=1S/C18H19N5O2/c1-22-15-9-12(10-20-17(15)21-11-16(22)24)18(25)23-8-4-6-14(23)13-5-2-3-7-19-13/h2-3,5,7,9-10,14H,4,6,8,11H2,1H3,(H,20,21). The lowest BCUT2D eigenvalue weighted by Gasteiger charge is -2.28. The van der Waals surface area contributed by atoms with Crippen LogP contribution in [0.3, 0.4) is 0 Å². The fourth-order valence-corrected chi connectivity index (χ4v) is 3.43. The molecule has 0 saturated carbocycles. The lowest BCUT2D eigenvalue weighted by Crippen LogP contribution is -2.38. The molecule has 7 heteroatoms. The van der Waals surface area contributed by atoms with Crippen molar-refractivity contribution in [2.45, 2.75) is 18.9 Å². The third kappa shape index (κ3) is 2.71. The van der Waals surface area contributed by atoms with E-state index in [0.717, 1.165) is 18.5 Å². The van der Waals surface area contributed by atoms with Gasteiger partial charge in [0.05, 0.1) is 29.5 Å². The predicted molar refractivity (Wildman–Crippen MR) is 93.4 cm³/mol. The SMILES string of the molecule is CN1C(=O)CNc2ncc(C(=O)N3CCCC3c3ccccn3)cc21. The summed E-state index contributed by atoms with van der Waals surface area (Å²) in [7, 11) is 1.70. The fourth-order valence-electron chi connectivity index (χ4n) is 3.43. The molecule has 25 heavy (non-hydrogen) atoms. The predicted octanol–water partition coefficient (Wildman–Crippen LogP) is 1.84. The quantitative estimate of drug-likeness (QED) is 0.905. The summed E-state index contributed by atoms with van der Waals surface area (Å²) in [5, 5.41) is 2.98. The average molecular weight is 337 g/mol. The monoisotopic (exact) mass is 337 g/mol. The summed E-state index contributed by atoms with van der Waals surface area (Å²) in [6, 6.07) is 7.50. The molecular formula is C18H19N5O2. The van der Waals surface area contributed by atoms with Crippen LogP contribution in [0.5, 0.6) is 0 Å². The number of pyridine rings is 2. The van der Waals surface area contributed by atoms with E-state index in [1.54, 1.807) is 25.5 Å². The Labute approximate surface area is 145 Å². The van der Waals surface area contributed by atoms with Gasteiger partial charge in [0.15, 0.2) is 0 Å². The van der Waals surface area contributed by atoms with Crippen molar-refractivity contribution in [3.8, 4) is 0 Å². The van der Waals surface area contributed by atoms with E-state index in [9.17, 15) is 9.59 Å². The lowest BCUT2D eigenvalue weighted by molar-refractivity contribution is -0.116. The van der Waals surface area contributed by atoms with Crippen molar-refractivity contribution in [1.29, 1.82) is 0 Å². The number of hydrogen-bond donors (Lipinski definition) is 1. The first kappa shape index (κ1) is 15.6. The molecular weight excluding hydrogens is 318 g/mol. The van der Waals surface area contributed by atoms with Gasteiger partial charge in [-0.25, -0.2) is 4.98 Å². The van der Waals surface area contributed by atoms with Crippen LogP contribution in [0.2, 0.25) is 0 Å². The van der Waals surface area contributed by atoms with Crippen LogP contribution in [0.25, 0.3) is 0 Å². The number of likely N-dealkylation sites (N-methyl/N-ethyl adjacent to an activating group) is 1. The van der Waals surface area contributed by atoms with Gasteiger partial charge in [0.25, 0.3) is 5.91 Å². The summed E-state index contributed by atoms with van der Waals surface area (Å²) in [6.45, 7) is 0.918. The molecule has 2 aliphatic rings. The Kier molecular flexibility index (Phi) is 3.83. The van der Waals surface area contributed by atoms with E-state index in [0.29, 0.717) is 23.6 Å². The molecule has 4 rings (SSSR count). The van der Waals surface area contributed by atoms with Crippen LogP contribution < -0.4 is 10.2 Å². The van der Waals surface area contributed by atoms with E-state index in [1.165, 1.54) is 4.90 Å². The third-order valence-electron chi connectivity index (χ3n) is 4.80. The second-order valence-corrected chi connectivity index (χ2v) is 6.31. The normalized spacial score (nSPS) is 19.6. The zero-order chi connectivity index (χ0) is 17.4. The van der Waals surface area contributed by atoms with Gasteiger partial charge in [-0.1, -0.05) is 6.07 Å². The smallest absolute Gasteiger partial charge is 0.256 e. The third-order valence-corrected chi connectivity index (χ3v) is 4.80. The number of rotatable bonds is 2. The minimum atomic E-state index is -0.0742. The highest BCUT2D eigenvalue weighted by Gasteiger charge is 2.32. The van der Waals surface area contributed by atoms with Gasteiger partial charge in [-0.3, -0.25) is 14.6 Å². The van der Waals surface area contributed by atoms with Gasteiger partial charge in [0.2, 0.25) is 5.91 Å². The second kappa shape index (κ2) is 6.16. The topological polar surface area (TPSA) is 78.4 Å². The van der Waals surface area contributed by atoms with Gasteiger partial charge in [-0.2, -0.15) is 0 Å². The molecule has 0 aliphatic carbocycles. The molecule has 2 amide bonds. The van der Waals surface area contributed by atoms with Crippen molar-refractivity contribution in [3.05, 3.63) is 47.9 Å². The maximum atomic E-state index is 13.0. The molecule has 0 radical (unpaired) electrons. The van der Waals surface area contributed by atoms with Crippen molar-refractivity contribution in [2.75, 3.05) is 30.4 Å². The minimum Gasteiger partial charge on any atom is -0.359 e. The van der Waals surface area contributed by atoms with Crippen LogP contribution in [0.1, 0.15) is 34.9 Å². The van der Waals surface area contributed by atoms with Crippen molar-refractivity contribution in [2.24, 2.45) is 0 Å². The van der Waals surface area contributed by atoms with Gasteiger partial charge in [0, 0.05) is 26.0 Å². The van der Waals surface area contributed by atoms with E-state index >= 15 is 0 Å². The molecule has 2 aliphatic heterocycles. The minimum absolute atomic E-state index is 0.0118. The van der Waals surface area contributed by atoms with E-state index in [-0.39, 0.29) is 24.4 Å². The van der Waals surface area contributed by atoms with E-state index in [1.807, 2.05) is 23.1 Å². The van der Waals surface area contributed by atoms with Crippen LogP contribution in [0, 0.1) is 0 Å². The molecule has 2 aromatic rings.